The van der Waals surface area contributed by atoms with Crippen molar-refractivity contribution in [3.8, 4) is 0 Å². The van der Waals surface area contributed by atoms with E-state index in [1.807, 2.05) is 31.5 Å². The predicted octanol–water partition coefficient (Wildman–Crippen LogP) is 3.41. The van der Waals surface area contributed by atoms with Gasteiger partial charge in [-0.15, -0.1) is 0 Å². The molecule has 1 amide bonds. The number of aromatic nitrogens is 2. The van der Waals surface area contributed by atoms with Crippen molar-refractivity contribution in [3.63, 3.8) is 0 Å². The maximum Gasteiger partial charge on any atom is 0.410 e. The van der Waals surface area contributed by atoms with Gasteiger partial charge in [-0.25, -0.2) is 9.48 Å². The second-order valence-electron chi connectivity index (χ2n) is 7.58. The summed E-state index contributed by atoms with van der Waals surface area (Å²) in [5.74, 6) is 1.34. The molecule has 1 saturated carbocycles. The van der Waals surface area contributed by atoms with E-state index in [0.717, 1.165) is 12.2 Å². The van der Waals surface area contributed by atoms with Crippen LogP contribution in [0.4, 0.5) is 10.6 Å². The van der Waals surface area contributed by atoms with Crippen LogP contribution in [-0.2, 0) is 17.8 Å². The molecule has 0 unspecified atom stereocenters. The van der Waals surface area contributed by atoms with Crippen LogP contribution in [0.25, 0.3) is 0 Å². The zero-order valence-corrected chi connectivity index (χ0v) is 14.8. The zero-order chi connectivity index (χ0) is 17.0. The van der Waals surface area contributed by atoms with Crippen molar-refractivity contribution in [1.82, 2.24) is 14.7 Å². The lowest BCUT2D eigenvalue weighted by molar-refractivity contribution is 0.0282. The Balaban J connectivity index is 1.93. The van der Waals surface area contributed by atoms with Gasteiger partial charge in [0.25, 0.3) is 0 Å². The number of nitrogens with zero attached hydrogens (tertiary/aromatic N) is 3. The Morgan fingerprint density at radius 2 is 2.04 bits per heavy atom. The van der Waals surface area contributed by atoms with Gasteiger partial charge >= 0.3 is 6.09 Å². The number of nitrogen functional groups attached to an aromatic ring is 1. The molecule has 2 rings (SSSR count). The van der Waals surface area contributed by atoms with Crippen molar-refractivity contribution in [2.45, 2.75) is 71.6 Å². The highest BCUT2D eigenvalue weighted by molar-refractivity contribution is 5.67. The van der Waals surface area contributed by atoms with Crippen molar-refractivity contribution in [1.29, 1.82) is 0 Å². The number of amides is 1. The van der Waals surface area contributed by atoms with E-state index < -0.39 is 5.60 Å². The van der Waals surface area contributed by atoms with Gasteiger partial charge in [0.2, 0.25) is 0 Å². The Morgan fingerprint density at radius 3 is 2.65 bits per heavy atom. The number of nitrogens with two attached hydrogens (primary N) is 1. The molecule has 1 fully saturated rings. The van der Waals surface area contributed by atoms with Gasteiger partial charge in [-0.05, 0) is 39.5 Å². The molecule has 0 radical (unpaired) electrons. The standard InChI is InChI=1S/C17H30N4O2/c1-17(2,3)23-16(22)20(4)12-14-10-15(18)21(19-14)11-13-8-6-5-7-9-13/h10,13H,5-9,11-12,18H2,1-4H3. The number of rotatable bonds is 4. The molecule has 23 heavy (non-hydrogen) atoms. The first-order valence-electron chi connectivity index (χ1n) is 8.51. The lowest BCUT2D eigenvalue weighted by atomic mass is 9.89. The minimum absolute atomic E-state index is 0.349. The van der Waals surface area contributed by atoms with E-state index in [4.69, 9.17) is 10.5 Å². The molecule has 0 bridgehead atoms. The molecule has 1 aromatic heterocycles. The van der Waals surface area contributed by atoms with Crippen molar-refractivity contribution in [2.75, 3.05) is 12.8 Å². The van der Waals surface area contributed by atoms with E-state index in [1.54, 1.807) is 7.05 Å². The van der Waals surface area contributed by atoms with Crippen LogP contribution in [0.15, 0.2) is 6.07 Å². The average molecular weight is 322 g/mol. The smallest absolute Gasteiger partial charge is 0.410 e. The fraction of sp³-hybridized carbons (Fsp3) is 0.765. The lowest BCUT2D eigenvalue weighted by Gasteiger charge is -2.24. The van der Waals surface area contributed by atoms with Gasteiger partial charge in [0.15, 0.2) is 0 Å². The molecule has 1 aliphatic carbocycles. The number of hydrogen-bond acceptors (Lipinski definition) is 4. The number of carbonyl (C=O) groups is 1. The first kappa shape index (κ1) is 17.6. The fourth-order valence-electron chi connectivity index (χ4n) is 2.97. The van der Waals surface area contributed by atoms with E-state index in [0.29, 0.717) is 18.3 Å². The highest BCUT2D eigenvalue weighted by Crippen LogP contribution is 2.26. The molecular formula is C17H30N4O2. The highest BCUT2D eigenvalue weighted by Gasteiger charge is 2.21. The third-order valence-corrected chi connectivity index (χ3v) is 4.12. The van der Waals surface area contributed by atoms with Crippen molar-refractivity contribution in [2.24, 2.45) is 5.92 Å². The van der Waals surface area contributed by atoms with Crippen LogP contribution in [0.2, 0.25) is 0 Å². The fourth-order valence-corrected chi connectivity index (χ4v) is 2.97. The Morgan fingerprint density at radius 1 is 1.39 bits per heavy atom. The molecule has 0 aromatic carbocycles. The Hall–Kier alpha value is -1.72. The van der Waals surface area contributed by atoms with Crippen LogP contribution in [0.5, 0.6) is 0 Å². The molecule has 0 spiro atoms. The van der Waals surface area contributed by atoms with E-state index in [-0.39, 0.29) is 6.09 Å². The van der Waals surface area contributed by atoms with E-state index in [2.05, 4.69) is 5.10 Å². The minimum Gasteiger partial charge on any atom is -0.444 e. The lowest BCUT2D eigenvalue weighted by Crippen LogP contribution is -2.33. The summed E-state index contributed by atoms with van der Waals surface area (Å²) in [6.45, 7) is 6.85. The molecule has 6 nitrogen and oxygen atoms in total. The number of ether oxygens (including phenoxy) is 1. The Labute approximate surface area is 139 Å². The van der Waals surface area contributed by atoms with Gasteiger partial charge in [-0.3, -0.25) is 0 Å². The number of anilines is 1. The summed E-state index contributed by atoms with van der Waals surface area (Å²) in [5, 5.41) is 4.56. The SMILES string of the molecule is CN(Cc1cc(N)n(CC2CCCCC2)n1)C(=O)OC(C)(C)C. The summed E-state index contributed by atoms with van der Waals surface area (Å²) in [4.78, 5) is 13.5. The van der Waals surface area contributed by atoms with Gasteiger partial charge < -0.3 is 15.4 Å². The van der Waals surface area contributed by atoms with Crippen LogP contribution in [0.1, 0.15) is 58.6 Å². The summed E-state index contributed by atoms with van der Waals surface area (Å²) in [7, 11) is 1.71. The predicted molar refractivity (Wildman–Crippen MR) is 90.9 cm³/mol. The molecule has 130 valence electrons. The van der Waals surface area contributed by atoms with Crippen LogP contribution < -0.4 is 5.73 Å². The summed E-state index contributed by atoms with van der Waals surface area (Å²) >= 11 is 0. The molecule has 1 aliphatic rings. The van der Waals surface area contributed by atoms with Crippen molar-refractivity contribution < 1.29 is 9.53 Å². The van der Waals surface area contributed by atoms with Crippen molar-refractivity contribution in [3.05, 3.63) is 11.8 Å². The maximum atomic E-state index is 12.0. The van der Waals surface area contributed by atoms with Gasteiger partial charge in [-0.1, -0.05) is 19.3 Å². The van der Waals surface area contributed by atoms with Crippen molar-refractivity contribution >= 4 is 11.9 Å². The number of hydrogen-bond donors (Lipinski definition) is 1. The zero-order valence-electron chi connectivity index (χ0n) is 14.8. The molecular weight excluding hydrogens is 292 g/mol. The summed E-state index contributed by atoms with van der Waals surface area (Å²) in [6.07, 6.45) is 6.12. The summed E-state index contributed by atoms with van der Waals surface area (Å²) < 4.78 is 7.23. The molecule has 6 heteroatoms. The average Bonchev–Trinajstić information content (AvgIpc) is 2.78. The van der Waals surface area contributed by atoms with E-state index >= 15 is 0 Å². The normalized spacial score (nSPS) is 16.3. The highest BCUT2D eigenvalue weighted by atomic mass is 16.6. The van der Waals surface area contributed by atoms with Crippen LogP contribution in [0, 0.1) is 5.92 Å². The molecule has 0 atom stereocenters. The third-order valence-electron chi connectivity index (χ3n) is 4.12. The first-order chi connectivity index (χ1) is 10.7. The Bertz CT molecular complexity index is 527. The topological polar surface area (TPSA) is 73.4 Å². The Kier molecular flexibility index (Phi) is 5.55. The second kappa shape index (κ2) is 7.23. The largest absolute Gasteiger partial charge is 0.444 e. The molecule has 1 aromatic rings. The molecule has 2 N–H and O–H groups in total. The van der Waals surface area contributed by atoms with Gasteiger partial charge in [-0.2, -0.15) is 5.10 Å². The van der Waals surface area contributed by atoms with Crippen LogP contribution >= 0.6 is 0 Å². The monoisotopic (exact) mass is 322 g/mol. The third kappa shape index (κ3) is 5.44. The second-order valence-corrected chi connectivity index (χ2v) is 7.58. The van der Waals surface area contributed by atoms with Gasteiger partial charge in [0.05, 0.1) is 12.2 Å². The minimum atomic E-state index is -0.495. The van der Waals surface area contributed by atoms with Crippen LogP contribution in [-0.4, -0.2) is 33.4 Å². The van der Waals surface area contributed by atoms with E-state index in [1.165, 1.54) is 37.0 Å². The summed E-state index contributed by atoms with van der Waals surface area (Å²) in [6, 6.07) is 1.85. The van der Waals surface area contributed by atoms with Crippen LogP contribution in [0.3, 0.4) is 0 Å². The quantitative estimate of drug-likeness (QED) is 0.922. The van der Waals surface area contributed by atoms with Gasteiger partial charge in [0.1, 0.15) is 11.4 Å². The molecule has 0 saturated heterocycles. The molecule has 0 aliphatic heterocycles. The molecule has 1 heterocycles. The summed E-state index contributed by atoms with van der Waals surface area (Å²) in [5.41, 5.74) is 6.38. The van der Waals surface area contributed by atoms with Gasteiger partial charge in [0, 0.05) is 19.7 Å². The first-order valence-corrected chi connectivity index (χ1v) is 8.51. The number of carbonyl (C=O) groups excluding carboxylic acids is 1. The maximum absolute atomic E-state index is 12.0. The van der Waals surface area contributed by atoms with E-state index in [9.17, 15) is 4.79 Å².